The van der Waals surface area contributed by atoms with Gasteiger partial charge in [0, 0.05) is 11.3 Å². The van der Waals surface area contributed by atoms with Crippen LogP contribution in [0, 0.1) is 0 Å². The van der Waals surface area contributed by atoms with Gasteiger partial charge in [0.15, 0.2) is 0 Å². The quantitative estimate of drug-likeness (QED) is 0.788. The van der Waals surface area contributed by atoms with Gasteiger partial charge in [-0.3, -0.25) is 0 Å². The molecular formula is C15H16N2OS. The Morgan fingerprint density at radius 1 is 1.16 bits per heavy atom. The lowest BCUT2D eigenvalue weighted by molar-refractivity contribution is 0.340. The monoisotopic (exact) mass is 272 g/mol. The second kappa shape index (κ2) is 5.53. The Bertz CT molecular complexity index is 548. The number of hydrogen-bond donors (Lipinski definition) is 0. The lowest BCUT2D eigenvalue weighted by Gasteiger charge is -2.09. The molecule has 0 saturated carbocycles. The van der Waals surface area contributed by atoms with Crippen LogP contribution in [0.5, 0.6) is 5.75 Å². The van der Waals surface area contributed by atoms with Gasteiger partial charge in [-0.25, -0.2) is 0 Å². The van der Waals surface area contributed by atoms with E-state index in [-0.39, 0.29) is 12.1 Å². The highest BCUT2D eigenvalue weighted by Gasteiger charge is 2.25. The van der Waals surface area contributed by atoms with Crippen molar-refractivity contribution >= 4 is 11.3 Å². The van der Waals surface area contributed by atoms with Crippen LogP contribution >= 0.6 is 11.3 Å². The number of rotatable bonds is 4. The zero-order chi connectivity index (χ0) is 13.1. The second-order valence-corrected chi connectivity index (χ2v) is 5.49. The molecule has 2 atom stereocenters. The van der Waals surface area contributed by atoms with Gasteiger partial charge in [0.1, 0.15) is 11.8 Å². The van der Waals surface area contributed by atoms with Gasteiger partial charge in [0.2, 0.25) is 0 Å². The number of ether oxygens (including phenoxy) is 1. The van der Waals surface area contributed by atoms with E-state index >= 15 is 0 Å². The smallest absolute Gasteiger partial charge is 0.119 e. The molecule has 0 fully saturated rings. The van der Waals surface area contributed by atoms with E-state index in [1.807, 2.05) is 19.1 Å². The minimum Gasteiger partial charge on any atom is -0.494 e. The van der Waals surface area contributed by atoms with Gasteiger partial charge in [-0.05, 0) is 36.1 Å². The fraction of sp³-hybridized carbons (Fsp3) is 0.333. The molecule has 0 bridgehead atoms. The van der Waals surface area contributed by atoms with Gasteiger partial charge < -0.3 is 4.74 Å². The van der Waals surface area contributed by atoms with E-state index in [9.17, 15) is 0 Å². The Kier molecular flexibility index (Phi) is 3.60. The van der Waals surface area contributed by atoms with Crippen LogP contribution in [0.2, 0.25) is 0 Å². The van der Waals surface area contributed by atoms with Crippen LogP contribution in [0.1, 0.15) is 35.9 Å². The molecule has 2 heterocycles. The van der Waals surface area contributed by atoms with Crippen molar-refractivity contribution in [3.05, 3.63) is 52.2 Å². The zero-order valence-electron chi connectivity index (χ0n) is 10.8. The first kappa shape index (κ1) is 12.4. The van der Waals surface area contributed by atoms with Crippen molar-refractivity contribution < 1.29 is 4.74 Å². The third-order valence-electron chi connectivity index (χ3n) is 3.24. The number of azo groups is 1. The predicted molar refractivity (Wildman–Crippen MR) is 76.9 cm³/mol. The lowest BCUT2D eigenvalue weighted by Crippen LogP contribution is -1.96. The Hall–Kier alpha value is -1.68. The van der Waals surface area contributed by atoms with E-state index in [4.69, 9.17) is 4.74 Å². The van der Waals surface area contributed by atoms with Crippen LogP contribution in [-0.4, -0.2) is 6.61 Å². The second-order valence-electron chi connectivity index (χ2n) is 4.52. The maximum Gasteiger partial charge on any atom is 0.119 e. The summed E-state index contributed by atoms with van der Waals surface area (Å²) < 4.78 is 5.45. The minimum atomic E-state index is 0.183. The van der Waals surface area contributed by atoms with E-state index in [2.05, 4.69) is 39.9 Å². The highest BCUT2D eigenvalue weighted by Crippen LogP contribution is 2.40. The van der Waals surface area contributed by atoms with E-state index in [0.29, 0.717) is 6.61 Å². The maximum atomic E-state index is 5.45. The fourth-order valence-electron chi connectivity index (χ4n) is 2.28. The molecule has 0 amide bonds. The molecule has 98 valence electrons. The molecule has 3 rings (SSSR count). The largest absolute Gasteiger partial charge is 0.494 e. The molecule has 2 aromatic rings. The third-order valence-corrected chi connectivity index (χ3v) is 4.21. The fourth-order valence-corrected chi connectivity index (χ4v) is 3.05. The highest BCUT2D eigenvalue weighted by molar-refractivity contribution is 7.10. The van der Waals surface area contributed by atoms with Crippen LogP contribution in [0.4, 0.5) is 0 Å². The topological polar surface area (TPSA) is 34.0 Å². The molecule has 1 aromatic heterocycles. The molecule has 0 spiro atoms. The van der Waals surface area contributed by atoms with Gasteiger partial charge in [-0.2, -0.15) is 10.2 Å². The minimum absolute atomic E-state index is 0.183. The van der Waals surface area contributed by atoms with Gasteiger partial charge in [0.05, 0.1) is 12.6 Å². The number of benzene rings is 1. The first-order chi connectivity index (χ1) is 9.36. The van der Waals surface area contributed by atoms with Crippen molar-refractivity contribution in [3.63, 3.8) is 0 Å². The average molecular weight is 272 g/mol. The molecule has 0 radical (unpaired) electrons. The summed E-state index contributed by atoms with van der Waals surface area (Å²) in [7, 11) is 0. The summed E-state index contributed by atoms with van der Waals surface area (Å²) in [4.78, 5) is 1.30. The lowest BCUT2D eigenvalue weighted by atomic mass is 10.0. The first-order valence-electron chi connectivity index (χ1n) is 6.53. The summed E-state index contributed by atoms with van der Waals surface area (Å²) in [5, 5.41) is 10.9. The Morgan fingerprint density at radius 3 is 2.63 bits per heavy atom. The van der Waals surface area contributed by atoms with Crippen LogP contribution in [-0.2, 0) is 0 Å². The maximum absolute atomic E-state index is 5.45. The highest BCUT2D eigenvalue weighted by atomic mass is 32.1. The molecule has 1 aliphatic heterocycles. The molecule has 0 N–H and O–H groups in total. The van der Waals surface area contributed by atoms with Crippen LogP contribution in [0.15, 0.2) is 52.0 Å². The van der Waals surface area contributed by atoms with E-state index < -0.39 is 0 Å². The zero-order valence-corrected chi connectivity index (χ0v) is 11.6. The average Bonchev–Trinajstić information content (AvgIpc) is 3.11. The molecule has 2 unspecified atom stereocenters. The first-order valence-corrected chi connectivity index (χ1v) is 7.41. The molecule has 19 heavy (non-hydrogen) atoms. The number of hydrogen-bond acceptors (Lipinski definition) is 4. The van der Waals surface area contributed by atoms with Crippen molar-refractivity contribution in [1.29, 1.82) is 0 Å². The molecule has 4 heteroatoms. The third kappa shape index (κ3) is 2.68. The van der Waals surface area contributed by atoms with Crippen molar-refractivity contribution in [1.82, 2.24) is 0 Å². The molecule has 1 aliphatic rings. The van der Waals surface area contributed by atoms with Crippen LogP contribution < -0.4 is 4.74 Å². The molecule has 0 aliphatic carbocycles. The summed E-state index contributed by atoms with van der Waals surface area (Å²) in [5.41, 5.74) is 1.21. The van der Waals surface area contributed by atoms with Crippen molar-refractivity contribution in [2.45, 2.75) is 25.4 Å². The molecule has 0 saturated heterocycles. The van der Waals surface area contributed by atoms with E-state index in [1.54, 1.807) is 11.3 Å². The molecular weight excluding hydrogens is 256 g/mol. The summed E-state index contributed by atoms with van der Waals surface area (Å²) in [6, 6.07) is 12.8. The SMILES string of the molecule is CCOc1ccc(C2CC(c3cccs3)N=N2)cc1. The summed E-state index contributed by atoms with van der Waals surface area (Å²) in [6.07, 6.45) is 0.967. The molecule has 3 nitrogen and oxygen atoms in total. The Morgan fingerprint density at radius 2 is 1.95 bits per heavy atom. The van der Waals surface area contributed by atoms with Gasteiger partial charge in [-0.1, -0.05) is 18.2 Å². The Balaban J connectivity index is 1.69. The van der Waals surface area contributed by atoms with Gasteiger partial charge in [-0.15, -0.1) is 11.3 Å². The van der Waals surface area contributed by atoms with Crippen molar-refractivity contribution in [3.8, 4) is 5.75 Å². The van der Waals surface area contributed by atoms with Crippen LogP contribution in [0.3, 0.4) is 0 Å². The molecule has 1 aromatic carbocycles. The van der Waals surface area contributed by atoms with E-state index in [0.717, 1.165) is 12.2 Å². The van der Waals surface area contributed by atoms with E-state index in [1.165, 1.54) is 10.4 Å². The van der Waals surface area contributed by atoms with Crippen molar-refractivity contribution in [2.75, 3.05) is 6.61 Å². The standard InChI is InChI=1S/C15H16N2OS/c1-2-18-12-7-5-11(6-8-12)13-10-14(17-16-13)15-4-3-9-19-15/h3-9,13-14H,2,10H2,1H3. The summed E-state index contributed by atoms with van der Waals surface area (Å²) in [5.74, 6) is 0.913. The normalized spacial score (nSPS) is 21.7. The Labute approximate surface area is 117 Å². The summed E-state index contributed by atoms with van der Waals surface area (Å²) >= 11 is 1.75. The summed E-state index contributed by atoms with van der Waals surface area (Å²) in [6.45, 7) is 2.69. The van der Waals surface area contributed by atoms with Crippen LogP contribution in [0.25, 0.3) is 0 Å². The number of thiophene rings is 1. The predicted octanol–water partition coefficient (Wildman–Crippen LogP) is 4.79. The van der Waals surface area contributed by atoms with Crippen molar-refractivity contribution in [2.24, 2.45) is 10.2 Å². The van der Waals surface area contributed by atoms with Gasteiger partial charge >= 0.3 is 0 Å². The van der Waals surface area contributed by atoms with Gasteiger partial charge in [0.25, 0.3) is 0 Å². The number of nitrogens with zero attached hydrogens (tertiary/aromatic N) is 2.